The van der Waals surface area contributed by atoms with Gasteiger partial charge >= 0.3 is 0 Å². The van der Waals surface area contributed by atoms with E-state index in [1.807, 2.05) is 39.1 Å². The van der Waals surface area contributed by atoms with Crippen molar-refractivity contribution in [2.45, 2.75) is 58.4 Å². The van der Waals surface area contributed by atoms with Crippen molar-refractivity contribution in [3.63, 3.8) is 0 Å². The molecule has 1 heterocycles. The van der Waals surface area contributed by atoms with E-state index < -0.39 is 0 Å². The number of likely N-dealkylation sites (tertiary alicyclic amines) is 1. The highest BCUT2D eigenvalue weighted by atomic mass is 16.2. The highest BCUT2D eigenvalue weighted by Crippen LogP contribution is 2.35. The van der Waals surface area contributed by atoms with Gasteiger partial charge in [-0.05, 0) is 62.6 Å². The van der Waals surface area contributed by atoms with Crippen molar-refractivity contribution in [2.24, 2.45) is 5.92 Å². The summed E-state index contributed by atoms with van der Waals surface area (Å²) in [6.45, 7) is 5.65. The number of nitrogens with zero attached hydrogens (tertiary/aromatic N) is 1. The van der Waals surface area contributed by atoms with Crippen molar-refractivity contribution in [3.05, 3.63) is 29.3 Å². The molecule has 1 unspecified atom stereocenters. The Morgan fingerprint density at radius 3 is 2.67 bits per heavy atom. The molecule has 1 aromatic carbocycles. The van der Waals surface area contributed by atoms with Crippen molar-refractivity contribution in [1.29, 1.82) is 0 Å². The van der Waals surface area contributed by atoms with Crippen molar-refractivity contribution in [1.82, 2.24) is 4.90 Å². The molecular weight excluding hydrogens is 338 g/mol. The van der Waals surface area contributed by atoms with Gasteiger partial charge in [-0.2, -0.15) is 0 Å². The molecule has 0 aromatic heterocycles. The number of hydrogen-bond donors (Lipinski definition) is 2. The third-order valence-electron chi connectivity index (χ3n) is 6.36. The van der Waals surface area contributed by atoms with Gasteiger partial charge in [-0.25, -0.2) is 0 Å². The van der Waals surface area contributed by atoms with Crippen LogP contribution in [0.3, 0.4) is 0 Å². The van der Waals surface area contributed by atoms with Crippen LogP contribution in [0.25, 0.3) is 0 Å². The SMILES string of the molecule is Cc1cccc(NC(=O)C[NH+](C)CC(=O)N2CCC[C@H]3CCCC[C@@H]32)c1C. The number of nitrogens with one attached hydrogen (secondary N) is 2. The molecule has 2 amide bonds. The van der Waals surface area contributed by atoms with Gasteiger partial charge in [0.15, 0.2) is 13.1 Å². The zero-order valence-electron chi connectivity index (χ0n) is 17.0. The van der Waals surface area contributed by atoms with Crippen LogP contribution in [0.4, 0.5) is 5.69 Å². The van der Waals surface area contributed by atoms with Crippen LogP contribution in [0.1, 0.15) is 49.7 Å². The number of anilines is 1. The number of carbonyl (C=O) groups is 2. The van der Waals surface area contributed by atoms with Crippen molar-refractivity contribution < 1.29 is 14.5 Å². The van der Waals surface area contributed by atoms with Crippen molar-refractivity contribution >= 4 is 17.5 Å². The molecule has 1 aliphatic carbocycles. The molecule has 1 aromatic rings. The number of quaternary nitrogens is 1. The maximum atomic E-state index is 12.9. The molecule has 0 radical (unpaired) electrons. The second-order valence-corrected chi connectivity index (χ2v) is 8.45. The number of likely N-dealkylation sites (N-methyl/N-ethyl adjacent to an activating group) is 1. The first-order valence-electron chi connectivity index (χ1n) is 10.4. The predicted molar refractivity (Wildman–Crippen MR) is 108 cm³/mol. The summed E-state index contributed by atoms with van der Waals surface area (Å²) in [5.41, 5.74) is 3.12. The van der Waals surface area contributed by atoms with E-state index >= 15 is 0 Å². The minimum atomic E-state index is -0.0387. The third kappa shape index (κ3) is 4.89. The topological polar surface area (TPSA) is 53.9 Å². The smallest absolute Gasteiger partial charge is 0.279 e. The summed E-state index contributed by atoms with van der Waals surface area (Å²) in [6, 6.07) is 6.36. The Balaban J connectivity index is 1.52. The van der Waals surface area contributed by atoms with E-state index in [0.717, 1.165) is 41.1 Å². The van der Waals surface area contributed by atoms with Crippen LogP contribution >= 0.6 is 0 Å². The van der Waals surface area contributed by atoms with Gasteiger partial charge in [-0.15, -0.1) is 0 Å². The normalized spacial score (nSPS) is 23.4. The first kappa shape index (κ1) is 19.9. The summed E-state index contributed by atoms with van der Waals surface area (Å²) < 4.78 is 0. The van der Waals surface area contributed by atoms with E-state index in [1.165, 1.54) is 25.7 Å². The molecule has 5 nitrogen and oxygen atoms in total. The lowest BCUT2D eigenvalue weighted by atomic mass is 9.78. The molecule has 2 aliphatic rings. The van der Waals surface area contributed by atoms with Crippen molar-refractivity contribution in [2.75, 3.05) is 32.0 Å². The summed E-state index contributed by atoms with van der Waals surface area (Å²) >= 11 is 0. The van der Waals surface area contributed by atoms with Crippen molar-refractivity contribution in [3.8, 4) is 0 Å². The van der Waals surface area contributed by atoms with Crippen LogP contribution in [-0.4, -0.2) is 49.4 Å². The first-order valence-corrected chi connectivity index (χ1v) is 10.4. The summed E-state index contributed by atoms with van der Waals surface area (Å²) in [5, 5.41) is 3.00. The van der Waals surface area contributed by atoms with Crippen LogP contribution in [0.5, 0.6) is 0 Å². The zero-order valence-corrected chi connectivity index (χ0v) is 17.0. The quantitative estimate of drug-likeness (QED) is 0.830. The summed E-state index contributed by atoms with van der Waals surface area (Å²) in [6.07, 6.45) is 7.38. The highest BCUT2D eigenvalue weighted by molar-refractivity contribution is 5.92. The van der Waals surface area contributed by atoms with Gasteiger partial charge in [0.1, 0.15) is 0 Å². The first-order chi connectivity index (χ1) is 13.0. The maximum Gasteiger partial charge on any atom is 0.279 e. The summed E-state index contributed by atoms with van der Waals surface area (Å²) in [5.74, 6) is 0.871. The van der Waals surface area contributed by atoms with E-state index in [0.29, 0.717) is 25.0 Å². The lowest BCUT2D eigenvalue weighted by Gasteiger charge is -2.44. The van der Waals surface area contributed by atoms with Gasteiger partial charge in [-0.3, -0.25) is 9.59 Å². The molecule has 2 fully saturated rings. The molecule has 148 valence electrons. The van der Waals surface area contributed by atoms with Gasteiger partial charge in [0.05, 0.1) is 7.05 Å². The monoisotopic (exact) mass is 372 g/mol. The second kappa shape index (κ2) is 8.87. The zero-order chi connectivity index (χ0) is 19.4. The number of aryl methyl sites for hydroxylation is 1. The van der Waals surface area contributed by atoms with Gasteiger partial charge in [-0.1, -0.05) is 25.0 Å². The molecule has 0 bridgehead atoms. The Morgan fingerprint density at radius 2 is 1.85 bits per heavy atom. The maximum absolute atomic E-state index is 12.9. The number of fused-ring (bicyclic) bond motifs is 1. The second-order valence-electron chi connectivity index (χ2n) is 8.45. The van der Waals surface area contributed by atoms with Gasteiger partial charge in [0, 0.05) is 18.3 Å². The fourth-order valence-corrected chi connectivity index (χ4v) is 4.71. The molecule has 0 spiro atoms. The van der Waals surface area contributed by atoms with Crippen LogP contribution in [0.2, 0.25) is 0 Å². The van der Waals surface area contributed by atoms with E-state index in [1.54, 1.807) is 0 Å². The number of rotatable bonds is 5. The predicted octanol–water partition coefficient (Wildman–Crippen LogP) is 1.94. The molecule has 1 saturated carbocycles. The number of amides is 2. The fourth-order valence-electron chi connectivity index (χ4n) is 4.71. The van der Waals surface area contributed by atoms with E-state index in [2.05, 4.69) is 10.2 Å². The van der Waals surface area contributed by atoms with E-state index in [-0.39, 0.29) is 11.8 Å². The van der Waals surface area contributed by atoms with Crippen LogP contribution in [0, 0.1) is 19.8 Å². The Hall–Kier alpha value is -1.88. The molecule has 3 rings (SSSR count). The Bertz CT molecular complexity index is 686. The number of piperidine rings is 1. The van der Waals surface area contributed by atoms with Crippen LogP contribution in [-0.2, 0) is 9.59 Å². The van der Waals surface area contributed by atoms with Crippen LogP contribution in [0.15, 0.2) is 18.2 Å². The lowest BCUT2D eigenvalue weighted by molar-refractivity contribution is -0.862. The summed E-state index contributed by atoms with van der Waals surface area (Å²) in [7, 11) is 1.93. The van der Waals surface area contributed by atoms with Crippen LogP contribution < -0.4 is 10.2 Å². The lowest BCUT2D eigenvalue weighted by Crippen LogP contribution is -3.11. The van der Waals surface area contributed by atoms with E-state index in [4.69, 9.17) is 0 Å². The minimum Gasteiger partial charge on any atom is -0.335 e. The molecular formula is C22H34N3O2+. The Labute approximate surface area is 163 Å². The summed E-state index contributed by atoms with van der Waals surface area (Å²) in [4.78, 5) is 28.4. The minimum absolute atomic E-state index is 0.0387. The molecule has 3 atom stereocenters. The average Bonchev–Trinajstić information content (AvgIpc) is 2.64. The number of carbonyl (C=O) groups excluding carboxylic acids is 2. The van der Waals surface area contributed by atoms with Gasteiger partial charge in [0.2, 0.25) is 0 Å². The largest absolute Gasteiger partial charge is 0.335 e. The molecule has 2 N–H and O–H groups in total. The Kier molecular flexibility index (Phi) is 6.53. The number of benzene rings is 1. The molecule has 27 heavy (non-hydrogen) atoms. The highest BCUT2D eigenvalue weighted by Gasteiger charge is 2.36. The molecule has 5 heteroatoms. The molecule has 1 aliphatic heterocycles. The van der Waals surface area contributed by atoms with Gasteiger partial charge < -0.3 is 15.1 Å². The molecule has 1 saturated heterocycles. The fraction of sp³-hybridized carbons (Fsp3) is 0.636. The number of hydrogen-bond acceptors (Lipinski definition) is 2. The van der Waals surface area contributed by atoms with Gasteiger partial charge in [0.25, 0.3) is 11.8 Å². The average molecular weight is 373 g/mol. The van der Waals surface area contributed by atoms with E-state index in [9.17, 15) is 9.59 Å². The standard InChI is InChI=1S/C22H33N3O2/c1-16-8-6-11-19(17(16)2)23-21(26)14-24(3)15-22(27)25-13-7-10-18-9-4-5-12-20(18)25/h6,8,11,18,20H,4-5,7,9-10,12-15H2,1-3H3,(H,23,26)/p+1/t18-,20+/m1/s1. The Morgan fingerprint density at radius 1 is 1.11 bits per heavy atom. The third-order valence-corrected chi connectivity index (χ3v) is 6.36.